The molecule has 0 spiro atoms. The van der Waals surface area contributed by atoms with Crippen LogP contribution >= 0.6 is 0 Å². The Labute approximate surface area is 41.7 Å². The molecule has 0 saturated heterocycles. The van der Waals surface area contributed by atoms with Crippen LogP contribution in [-0.4, -0.2) is 26.2 Å². The summed E-state index contributed by atoms with van der Waals surface area (Å²) in [5.41, 5.74) is 0. The number of hydrogen-bond donors (Lipinski definition) is 0. The highest BCUT2D eigenvalue weighted by atomic mass is 32.2. The lowest BCUT2D eigenvalue weighted by Gasteiger charge is -1.96. The minimum Gasteiger partial charge on any atom is -0.210 e. The molecule has 0 aromatic heterocycles. The molecule has 44 valence electrons. The van der Waals surface area contributed by atoms with E-state index < -0.39 is 10.0 Å². The van der Waals surface area contributed by atoms with E-state index >= 15 is 0 Å². The van der Waals surface area contributed by atoms with Gasteiger partial charge in [-0.05, 0) is 4.53 Å². The normalized spacial score (nSPS) is 12.6. The fourth-order valence-electron chi connectivity index (χ4n) is 0. The molecule has 0 aliphatic heterocycles. The molecule has 5 heteroatoms. The average Bonchev–Trinajstić information content (AvgIpc) is 1.31. The quantitative estimate of drug-likeness (QED) is 0.456. The second-order valence-corrected chi connectivity index (χ2v) is 3.12. The van der Waals surface area contributed by atoms with Crippen LogP contribution in [0, 0.1) is 0 Å². The topological polar surface area (TPSA) is 37.4 Å². The Morgan fingerprint density at radius 1 is 1.57 bits per heavy atom. The molecular weight excluding hydrogens is 121 g/mol. The highest BCUT2D eigenvalue weighted by Gasteiger charge is 2.06. The minimum atomic E-state index is -3.57. The zero-order chi connectivity index (χ0) is 6.08. The van der Waals surface area contributed by atoms with Gasteiger partial charge in [-0.25, -0.2) is 8.42 Å². The summed E-state index contributed by atoms with van der Waals surface area (Å²) in [5, 5.41) is 0. The van der Waals surface area contributed by atoms with Crippen molar-refractivity contribution in [2.75, 3.05) is 13.3 Å². The molecule has 0 heterocycles. The molecule has 0 fully saturated rings. The molecule has 0 aliphatic rings. The number of sulfonamides is 1. The molecule has 0 aromatic carbocycles. The van der Waals surface area contributed by atoms with Crippen LogP contribution in [0.2, 0.25) is 0 Å². The Hall–Kier alpha value is -0.160. The first-order chi connectivity index (χ1) is 2.94. The predicted octanol–water partition coefficient (Wildman–Crippen LogP) is -0.238. The Morgan fingerprint density at radius 2 is 1.71 bits per heavy atom. The van der Waals surface area contributed by atoms with E-state index in [0.717, 1.165) is 13.3 Å². The number of hydrogen-bond acceptors (Lipinski definition) is 2. The third kappa shape index (κ3) is 2.52. The fraction of sp³-hybridized carbons (Fsp3) is 1.00. The molecule has 0 radical (unpaired) electrons. The van der Waals surface area contributed by atoms with Gasteiger partial charge in [-0.1, -0.05) is 0 Å². The maximum atomic E-state index is 11.5. The lowest BCUT2D eigenvalue weighted by molar-refractivity contribution is 0.179. The molecule has 0 aromatic rings. The van der Waals surface area contributed by atoms with Gasteiger partial charge in [0.25, 0.3) is 0 Å². The lowest BCUT2D eigenvalue weighted by Crippen LogP contribution is -2.15. The van der Waals surface area contributed by atoms with Crippen molar-refractivity contribution in [3.8, 4) is 0 Å². The first kappa shape index (κ1) is 6.84. The van der Waals surface area contributed by atoms with Gasteiger partial charge in [-0.3, -0.25) is 0 Å². The Balaban J connectivity index is 4.10. The SMILES string of the molecule is CN(F)S(C)(=O)=O. The summed E-state index contributed by atoms with van der Waals surface area (Å²) in [7, 11) is -2.75. The van der Waals surface area contributed by atoms with E-state index in [0.29, 0.717) is 0 Å². The molecule has 0 aliphatic carbocycles. The van der Waals surface area contributed by atoms with E-state index in [4.69, 9.17) is 0 Å². The fourth-order valence-corrected chi connectivity index (χ4v) is 0. The predicted molar refractivity (Wildman–Crippen MR) is 23.7 cm³/mol. The second-order valence-electron chi connectivity index (χ2n) is 1.15. The molecule has 0 rings (SSSR count). The van der Waals surface area contributed by atoms with E-state index in [-0.39, 0.29) is 4.53 Å². The molecule has 0 atom stereocenters. The number of nitrogens with zero attached hydrogens (tertiary/aromatic N) is 1. The summed E-state index contributed by atoms with van der Waals surface area (Å²) >= 11 is 0. The second kappa shape index (κ2) is 1.75. The van der Waals surface area contributed by atoms with Crippen molar-refractivity contribution in [2.45, 2.75) is 0 Å². The third-order valence-electron chi connectivity index (χ3n) is 0.457. The lowest BCUT2D eigenvalue weighted by atomic mass is 11.6. The van der Waals surface area contributed by atoms with Gasteiger partial charge in [0.1, 0.15) is 0 Å². The van der Waals surface area contributed by atoms with Crippen molar-refractivity contribution in [2.24, 2.45) is 0 Å². The van der Waals surface area contributed by atoms with Crippen LogP contribution in [0.3, 0.4) is 0 Å². The Bertz CT molecular complexity index is 138. The third-order valence-corrected chi connectivity index (χ3v) is 1.37. The van der Waals surface area contributed by atoms with Crippen molar-refractivity contribution in [1.29, 1.82) is 0 Å². The van der Waals surface area contributed by atoms with Crippen LogP contribution in [0.15, 0.2) is 0 Å². The van der Waals surface area contributed by atoms with Crippen molar-refractivity contribution in [1.82, 2.24) is 4.53 Å². The van der Waals surface area contributed by atoms with Crippen LogP contribution in [0.4, 0.5) is 4.48 Å². The zero-order valence-corrected chi connectivity index (χ0v) is 4.87. The van der Waals surface area contributed by atoms with Gasteiger partial charge in [0.05, 0.1) is 6.26 Å². The van der Waals surface area contributed by atoms with Crippen LogP contribution in [0.25, 0.3) is 0 Å². The van der Waals surface area contributed by atoms with Crippen LogP contribution < -0.4 is 0 Å². The van der Waals surface area contributed by atoms with E-state index in [1.807, 2.05) is 0 Å². The van der Waals surface area contributed by atoms with Gasteiger partial charge in [0.2, 0.25) is 10.0 Å². The molecule has 0 saturated carbocycles. The summed E-state index contributed by atoms with van der Waals surface area (Å²) in [6.45, 7) is 0. The molecule has 7 heavy (non-hydrogen) atoms. The summed E-state index contributed by atoms with van der Waals surface area (Å²) in [4.78, 5) is 0. The first-order valence-electron chi connectivity index (χ1n) is 1.54. The summed E-state index contributed by atoms with van der Waals surface area (Å²) < 4.78 is 30.9. The maximum absolute atomic E-state index is 11.5. The Kier molecular flexibility index (Phi) is 1.71. The summed E-state index contributed by atoms with van der Waals surface area (Å²) in [6, 6.07) is 0. The molecule has 0 N–H and O–H groups in total. The van der Waals surface area contributed by atoms with Gasteiger partial charge in [0, 0.05) is 7.05 Å². The monoisotopic (exact) mass is 127 g/mol. The Morgan fingerprint density at radius 3 is 1.71 bits per heavy atom. The number of halogens is 1. The summed E-state index contributed by atoms with van der Waals surface area (Å²) in [6.07, 6.45) is 0.785. The zero-order valence-electron chi connectivity index (χ0n) is 4.05. The maximum Gasteiger partial charge on any atom is 0.237 e. The minimum absolute atomic E-state index is 0.340. The van der Waals surface area contributed by atoms with Gasteiger partial charge in [-0.2, -0.15) is 0 Å². The average molecular weight is 127 g/mol. The van der Waals surface area contributed by atoms with Crippen molar-refractivity contribution in [3.05, 3.63) is 0 Å². The largest absolute Gasteiger partial charge is 0.237 e. The van der Waals surface area contributed by atoms with Crippen molar-refractivity contribution in [3.63, 3.8) is 0 Å². The van der Waals surface area contributed by atoms with Crippen molar-refractivity contribution >= 4 is 10.0 Å². The van der Waals surface area contributed by atoms with E-state index in [2.05, 4.69) is 0 Å². The van der Waals surface area contributed by atoms with Gasteiger partial charge >= 0.3 is 0 Å². The summed E-state index contributed by atoms with van der Waals surface area (Å²) in [5.74, 6) is 0. The van der Waals surface area contributed by atoms with Crippen molar-refractivity contribution < 1.29 is 12.9 Å². The standard InChI is InChI=1S/C2H6FNO2S/c1-4(3)7(2,5)6/h1-2H3. The smallest absolute Gasteiger partial charge is 0.210 e. The van der Waals surface area contributed by atoms with E-state index in [9.17, 15) is 12.9 Å². The van der Waals surface area contributed by atoms with Crippen LogP contribution in [0.5, 0.6) is 0 Å². The molecular formula is C2H6FNO2S. The molecule has 0 amide bonds. The molecule has 0 bridgehead atoms. The van der Waals surface area contributed by atoms with E-state index in [1.165, 1.54) is 0 Å². The van der Waals surface area contributed by atoms with Gasteiger partial charge in [0.15, 0.2) is 0 Å². The molecule has 0 unspecified atom stereocenters. The molecule has 3 nitrogen and oxygen atoms in total. The van der Waals surface area contributed by atoms with Crippen LogP contribution in [-0.2, 0) is 10.0 Å². The van der Waals surface area contributed by atoms with Crippen LogP contribution in [0.1, 0.15) is 0 Å². The highest BCUT2D eigenvalue weighted by Crippen LogP contribution is 1.89. The number of rotatable bonds is 1. The highest BCUT2D eigenvalue weighted by molar-refractivity contribution is 7.88. The van der Waals surface area contributed by atoms with E-state index in [1.54, 1.807) is 0 Å². The van der Waals surface area contributed by atoms with Gasteiger partial charge < -0.3 is 0 Å². The first-order valence-corrected chi connectivity index (χ1v) is 3.39. The van der Waals surface area contributed by atoms with Gasteiger partial charge in [-0.15, -0.1) is 4.48 Å².